The second kappa shape index (κ2) is 4.38. The van der Waals surface area contributed by atoms with Crippen molar-refractivity contribution in [3.05, 3.63) is 67.2 Å². The van der Waals surface area contributed by atoms with Crippen LogP contribution in [0.2, 0.25) is 0 Å². The standard InChI is InChI=1S/C13H10OS3/c14-13(10-1-4-15-7-10,11-2-5-16-8-11)12-3-6-17-9-12/h1-9,14H. The summed E-state index contributed by atoms with van der Waals surface area (Å²) < 4.78 is 0. The lowest BCUT2D eigenvalue weighted by atomic mass is 9.85. The van der Waals surface area contributed by atoms with E-state index in [4.69, 9.17) is 0 Å². The first kappa shape index (κ1) is 11.2. The van der Waals surface area contributed by atoms with Crippen molar-refractivity contribution in [3.63, 3.8) is 0 Å². The Kier molecular flexibility index (Phi) is 2.88. The maximum atomic E-state index is 11.1. The average molecular weight is 278 g/mol. The summed E-state index contributed by atoms with van der Waals surface area (Å²) in [5, 5.41) is 23.1. The van der Waals surface area contributed by atoms with Crippen molar-refractivity contribution in [2.24, 2.45) is 0 Å². The molecule has 17 heavy (non-hydrogen) atoms. The molecule has 0 spiro atoms. The largest absolute Gasteiger partial charge is 0.376 e. The molecule has 3 heterocycles. The number of rotatable bonds is 3. The van der Waals surface area contributed by atoms with Crippen LogP contribution in [-0.4, -0.2) is 5.11 Å². The van der Waals surface area contributed by atoms with Crippen LogP contribution in [0.3, 0.4) is 0 Å². The Morgan fingerprint density at radius 2 is 1.06 bits per heavy atom. The summed E-state index contributed by atoms with van der Waals surface area (Å²) in [6.45, 7) is 0. The van der Waals surface area contributed by atoms with Gasteiger partial charge >= 0.3 is 0 Å². The highest BCUT2D eigenvalue weighted by Crippen LogP contribution is 2.39. The van der Waals surface area contributed by atoms with Crippen molar-refractivity contribution in [2.75, 3.05) is 0 Å². The molecule has 0 aliphatic carbocycles. The first-order valence-corrected chi connectivity index (χ1v) is 7.95. The van der Waals surface area contributed by atoms with Crippen LogP contribution in [0.15, 0.2) is 50.5 Å². The van der Waals surface area contributed by atoms with Crippen LogP contribution >= 0.6 is 34.0 Å². The molecule has 1 nitrogen and oxygen atoms in total. The third-order valence-corrected chi connectivity index (χ3v) is 4.87. The van der Waals surface area contributed by atoms with E-state index in [1.165, 1.54) is 0 Å². The molecule has 3 aromatic rings. The van der Waals surface area contributed by atoms with Gasteiger partial charge < -0.3 is 5.11 Å². The molecule has 3 aromatic heterocycles. The van der Waals surface area contributed by atoms with Gasteiger partial charge in [0.1, 0.15) is 5.60 Å². The molecule has 3 rings (SSSR count). The Hall–Kier alpha value is -0.940. The van der Waals surface area contributed by atoms with Gasteiger partial charge in [-0.15, -0.1) is 0 Å². The predicted octanol–water partition coefficient (Wildman–Crippen LogP) is 4.16. The minimum Gasteiger partial charge on any atom is -0.376 e. The van der Waals surface area contributed by atoms with E-state index in [1.54, 1.807) is 34.0 Å². The summed E-state index contributed by atoms with van der Waals surface area (Å²) in [4.78, 5) is 0. The van der Waals surface area contributed by atoms with Crippen LogP contribution in [0.4, 0.5) is 0 Å². The maximum absolute atomic E-state index is 11.1. The van der Waals surface area contributed by atoms with Crippen LogP contribution in [0.5, 0.6) is 0 Å². The van der Waals surface area contributed by atoms with E-state index in [0.717, 1.165) is 16.7 Å². The van der Waals surface area contributed by atoms with Gasteiger partial charge in [0.25, 0.3) is 0 Å². The monoisotopic (exact) mass is 278 g/mol. The molecular weight excluding hydrogens is 268 g/mol. The highest BCUT2D eigenvalue weighted by atomic mass is 32.1. The molecule has 0 radical (unpaired) electrons. The van der Waals surface area contributed by atoms with Crippen molar-refractivity contribution >= 4 is 34.0 Å². The highest BCUT2D eigenvalue weighted by Gasteiger charge is 2.34. The molecule has 0 amide bonds. The maximum Gasteiger partial charge on any atom is 0.142 e. The fraction of sp³-hybridized carbons (Fsp3) is 0.0769. The second-order valence-electron chi connectivity index (χ2n) is 3.75. The molecule has 0 atom stereocenters. The SMILES string of the molecule is OC(c1ccsc1)(c1ccsc1)c1ccsc1. The molecule has 4 heteroatoms. The lowest BCUT2D eigenvalue weighted by Gasteiger charge is -2.26. The Bertz CT molecular complexity index is 480. The fourth-order valence-corrected chi connectivity index (χ4v) is 4.01. The lowest BCUT2D eigenvalue weighted by molar-refractivity contribution is 0.127. The lowest BCUT2D eigenvalue weighted by Crippen LogP contribution is -2.26. The Balaban J connectivity index is 2.21. The van der Waals surface area contributed by atoms with Crippen LogP contribution in [0, 0.1) is 0 Å². The summed E-state index contributed by atoms with van der Waals surface area (Å²) in [6, 6.07) is 5.96. The predicted molar refractivity (Wildman–Crippen MR) is 75.1 cm³/mol. The first-order chi connectivity index (χ1) is 8.32. The summed E-state index contributed by atoms with van der Waals surface area (Å²) >= 11 is 4.82. The third-order valence-electron chi connectivity index (χ3n) is 2.82. The summed E-state index contributed by atoms with van der Waals surface area (Å²) in [6.07, 6.45) is 0. The molecule has 1 N–H and O–H groups in total. The van der Waals surface area contributed by atoms with E-state index in [-0.39, 0.29) is 0 Å². The molecular formula is C13H10OS3. The van der Waals surface area contributed by atoms with Gasteiger partial charge in [-0.2, -0.15) is 34.0 Å². The molecule has 0 aliphatic heterocycles. The van der Waals surface area contributed by atoms with Gasteiger partial charge in [0.05, 0.1) is 0 Å². The van der Waals surface area contributed by atoms with Gasteiger partial charge in [0.2, 0.25) is 0 Å². The Morgan fingerprint density at radius 1 is 0.706 bits per heavy atom. The van der Waals surface area contributed by atoms with Gasteiger partial charge in [0.15, 0.2) is 0 Å². The van der Waals surface area contributed by atoms with Gasteiger partial charge in [-0.3, -0.25) is 0 Å². The number of aliphatic hydroxyl groups is 1. The summed E-state index contributed by atoms with van der Waals surface area (Å²) in [5.74, 6) is 0. The van der Waals surface area contributed by atoms with Crippen molar-refractivity contribution in [1.29, 1.82) is 0 Å². The van der Waals surface area contributed by atoms with E-state index >= 15 is 0 Å². The molecule has 0 aliphatic rings. The Morgan fingerprint density at radius 3 is 1.29 bits per heavy atom. The van der Waals surface area contributed by atoms with Gasteiger partial charge in [-0.25, -0.2) is 0 Å². The van der Waals surface area contributed by atoms with E-state index in [0.29, 0.717) is 0 Å². The normalized spacial score (nSPS) is 11.8. The molecule has 0 fully saturated rings. The van der Waals surface area contributed by atoms with Crippen molar-refractivity contribution in [3.8, 4) is 0 Å². The molecule has 0 saturated heterocycles. The zero-order valence-electron chi connectivity index (χ0n) is 8.87. The Labute approximate surface area is 112 Å². The minimum atomic E-state index is -1.00. The molecule has 0 bridgehead atoms. The minimum absolute atomic E-state index is 0.944. The molecule has 86 valence electrons. The number of hydrogen-bond donors (Lipinski definition) is 1. The highest BCUT2D eigenvalue weighted by molar-refractivity contribution is 7.08. The van der Waals surface area contributed by atoms with Gasteiger partial charge in [-0.05, 0) is 50.5 Å². The van der Waals surface area contributed by atoms with Crippen LogP contribution in [0.25, 0.3) is 0 Å². The number of thiophene rings is 3. The van der Waals surface area contributed by atoms with Crippen LogP contribution < -0.4 is 0 Å². The number of hydrogen-bond acceptors (Lipinski definition) is 4. The second-order valence-corrected chi connectivity index (χ2v) is 6.09. The zero-order valence-corrected chi connectivity index (χ0v) is 11.3. The van der Waals surface area contributed by atoms with E-state index in [9.17, 15) is 5.11 Å². The summed E-state index contributed by atoms with van der Waals surface area (Å²) in [7, 11) is 0. The van der Waals surface area contributed by atoms with Crippen molar-refractivity contribution in [2.45, 2.75) is 5.60 Å². The van der Waals surface area contributed by atoms with Gasteiger partial charge in [-0.1, -0.05) is 0 Å². The summed E-state index contributed by atoms with van der Waals surface area (Å²) in [5.41, 5.74) is 1.83. The van der Waals surface area contributed by atoms with Crippen molar-refractivity contribution in [1.82, 2.24) is 0 Å². The molecule has 0 saturated carbocycles. The molecule has 0 aromatic carbocycles. The van der Waals surface area contributed by atoms with Crippen LogP contribution in [0.1, 0.15) is 16.7 Å². The molecule has 0 unspecified atom stereocenters. The quantitative estimate of drug-likeness (QED) is 0.763. The smallest absolute Gasteiger partial charge is 0.142 e. The third kappa shape index (κ3) is 1.77. The average Bonchev–Trinajstić information content (AvgIpc) is 3.10. The van der Waals surface area contributed by atoms with E-state index in [2.05, 4.69) is 0 Å². The van der Waals surface area contributed by atoms with Crippen molar-refractivity contribution < 1.29 is 5.11 Å². The zero-order chi connectivity index (χ0) is 11.7. The van der Waals surface area contributed by atoms with Crippen LogP contribution in [-0.2, 0) is 5.60 Å². The van der Waals surface area contributed by atoms with Gasteiger partial charge in [0, 0.05) is 16.7 Å². The fourth-order valence-electron chi connectivity index (χ4n) is 1.91. The van der Waals surface area contributed by atoms with E-state index < -0.39 is 5.60 Å². The van der Waals surface area contributed by atoms with E-state index in [1.807, 2.05) is 50.5 Å². The topological polar surface area (TPSA) is 20.2 Å². The first-order valence-electron chi connectivity index (χ1n) is 5.12.